The Kier molecular flexibility index (Phi) is 1.38. The van der Waals surface area contributed by atoms with Gasteiger partial charge in [0.2, 0.25) is 0 Å². The molecule has 0 aromatic heterocycles. The van der Waals surface area contributed by atoms with Gasteiger partial charge in [-0.25, -0.2) is 0 Å². The van der Waals surface area contributed by atoms with E-state index in [4.69, 9.17) is 4.74 Å². The zero-order valence-corrected chi connectivity index (χ0v) is 7.15. The molecule has 64 valence electrons. The minimum atomic E-state index is -0.655. The van der Waals surface area contributed by atoms with Crippen molar-refractivity contribution in [3.63, 3.8) is 0 Å². The second-order valence-corrected chi connectivity index (χ2v) is 3.28. The summed E-state index contributed by atoms with van der Waals surface area (Å²) in [7, 11) is 3.48. The molecule has 3 heteroatoms. The predicted octanol–water partition coefficient (Wildman–Crippen LogP) is 0.338. The fourth-order valence-electron chi connectivity index (χ4n) is 1.45. The molecule has 1 heterocycles. The van der Waals surface area contributed by atoms with E-state index >= 15 is 0 Å². The molecule has 0 saturated carbocycles. The van der Waals surface area contributed by atoms with E-state index in [9.17, 15) is 4.79 Å². The van der Waals surface area contributed by atoms with Gasteiger partial charge in [-0.05, 0) is 6.08 Å². The average molecular weight is 165 g/mol. The second-order valence-electron chi connectivity index (χ2n) is 3.28. The normalized spacial score (nSPS) is 36.0. The van der Waals surface area contributed by atoms with E-state index in [1.807, 2.05) is 24.3 Å². The molecule has 0 spiro atoms. The smallest absolute Gasteiger partial charge is 0.261 e. The molecular weight excluding hydrogens is 154 g/mol. The SMILES string of the molecule is CN(C)C(=O)C12C=CC=CC1O2. The number of amides is 1. The zero-order chi connectivity index (χ0) is 8.77. The lowest BCUT2D eigenvalue weighted by molar-refractivity contribution is -0.132. The third kappa shape index (κ3) is 0.830. The van der Waals surface area contributed by atoms with Crippen molar-refractivity contribution >= 4 is 5.91 Å². The Morgan fingerprint density at radius 3 is 2.83 bits per heavy atom. The Morgan fingerprint density at radius 2 is 2.25 bits per heavy atom. The molecule has 0 aromatic rings. The van der Waals surface area contributed by atoms with Gasteiger partial charge in [0.15, 0.2) is 5.60 Å². The minimum absolute atomic E-state index is 0.0214. The molecule has 0 radical (unpaired) electrons. The summed E-state index contributed by atoms with van der Waals surface area (Å²) >= 11 is 0. The number of fused-ring (bicyclic) bond motifs is 1. The monoisotopic (exact) mass is 165 g/mol. The summed E-state index contributed by atoms with van der Waals surface area (Å²) in [5.41, 5.74) is -0.655. The fraction of sp³-hybridized carbons (Fsp3) is 0.444. The highest BCUT2D eigenvalue weighted by Crippen LogP contribution is 2.42. The van der Waals surface area contributed by atoms with E-state index in [0.717, 1.165) is 0 Å². The Morgan fingerprint density at radius 1 is 1.50 bits per heavy atom. The van der Waals surface area contributed by atoms with Gasteiger partial charge in [-0.15, -0.1) is 0 Å². The molecule has 1 saturated heterocycles. The van der Waals surface area contributed by atoms with Crippen LogP contribution >= 0.6 is 0 Å². The first-order valence-corrected chi connectivity index (χ1v) is 3.92. The summed E-state index contributed by atoms with van der Waals surface area (Å²) in [4.78, 5) is 13.1. The van der Waals surface area contributed by atoms with Crippen LogP contribution in [-0.2, 0) is 9.53 Å². The van der Waals surface area contributed by atoms with Crippen LogP contribution in [-0.4, -0.2) is 36.6 Å². The summed E-state index contributed by atoms with van der Waals surface area (Å²) in [5, 5.41) is 0. The van der Waals surface area contributed by atoms with Crippen LogP contribution in [0.3, 0.4) is 0 Å². The standard InChI is InChI=1S/C9H11NO2/c1-10(2)8(11)9-6-4-3-5-7(9)12-9/h3-7H,1-2H3. The van der Waals surface area contributed by atoms with Crippen molar-refractivity contribution in [2.45, 2.75) is 11.7 Å². The lowest BCUT2D eigenvalue weighted by atomic mass is 9.99. The topological polar surface area (TPSA) is 32.8 Å². The number of likely N-dealkylation sites (N-methyl/N-ethyl adjacent to an activating group) is 1. The van der Waals surface area contributed by atoms with Crippen LogP contribution in [0.2, 0.25) is 0 Å². The summed E-state index contributed by atoms with van der Waals surface area (Å²) in [5.74, 6) is 0.0214. The molecule has 2 unspecified atom stereocenters. The number of nitrogens with zero attached hydrogens (tertiary/aromatic N) is 1. The third-order valence-electron chi connectivity index (χ3n) is 2.17. The van der Waals surface area contributed by atoms with Gasteiger partial charge in [0.1, 0.15) is 6.10 Å². The summed E-state index contributed by atoms with van der Waals surface area (Å²) in [6, 6.07) is 0. The molecule has 1 amide bonds. The quantitative estimate of drug-likeness (QED) is 0.525. The van der Waals surface area contributed by atoms with Crippen molar-refractivity contribution in [1.82, 2.24) is 4.90 Å². The van der Waals surface area contributed by atoms with Crippen molar-refractivity contribution in [1.29, 1.82) is 0 Å². The van der Waals surface area contributed by atoms with Crippen LogP contribution in [0.15, 0.2) is 24.3 Å². The number of epoxide rings is 1. The van der Waals surface area contributed by atoms with Crippen LogP contribution in [0, 0.1) is 0 Å². The van der Waals surface area contributed by atoms with Gasteiger partial charge in [0.05, 0.1) is 0 Å². The number of allylic oxidation sites excluding steroid dienone is 2. The molecule has 0 aromatic carbocycles. The van der Waals surface area contributed by atoms with Crippen LogP contribution in [0.5, 0.6) is 0 Å². The highest BCUT2D eigenvalue weighted by molar-refractivity contribution is 5.91. The number of carbonyl (C=O) groups is 1. The Bertz CT molecular complexity index is 280. The van der Waals surface area contributed by atoms with Crippen molar-refractivity contribution < 1.29 is 9.53 Å². The van der Waals surface area contributed by atoms with E-state index in [1.165, 1.54) is 0 Å². The largest absolute Gasteiger partial charge is 0.347 e. The first kappa shape index (κ1) is 7.55. The first-order valence-electron chi connectivity index (χ1n) is 3.92. The number of hydrogen-bond donors (Lipinski definition) is 0. The lowest BCUT2D eigenvalue weighted by Crippen LogP contribution is -2.37. The van der Waals surface area contributed by atoms with E-state index < -0.39 is 5.60 Å². The maximum absolute atomic E-state index is 11.6. The molecule has 1 aliphatic heterocycles. The molecule has 0 N–H and O–H groups in total. The van der Waals surface area contributed by atoms with Gasteiger partial charge in [-0.3, -0.25) is 4.79 Å². The molecule has 1 fully saturated rings. The molecule has 1 aliphatic carbocycles. The fourth-order valence-corrected chi connectivity index (χ4v) is 1.45. The summed E-state index contributed by atoms with van der Waals surface area (Å²) in [6.45, 7) is 0. The maximum Gasteiger partial charge on any atom is 0.261 e. The van der Waals surface area contributed by atoms with E-state index in [2.05, 4.69) is 0 Å². The van der Waals surface area contributed by atoms with Gasteiger partial charge in [-0.2, -0.15) is 0 Å². The molecule has 2 aliphatic rings. The van der Waals surface area contributed by atoms with Crippen LogP contribution in [0.4, 0.5) is 0 Å². The number of carbonyl (C=O) groups excluding carboxylic acids is 1. The van der Waals surface area contributed by atoms with Gasteiger partial charge in [0.25, 0.3) is 5.91 Å². The van der Waals surface area contributed by atoms with Gasteiger partial charge >= 0.3 is 0 Å². The van der Waals surface area contributed by atoms with Crippen molar-refractivity contribution in [2.24, 2.45) is 0 Å². The van der Waals surface area contributed by atoms with Crippen LogP contribution in [0.1, 0.15) is 0 Å². The molecule has 2 atom stereocenters. The Labute approximate surface area is 71.3 Å². The van der Waals surface area contributed by atoms with Gasteiger partial charge in [0, 0.05) is 14.1 Å². The third-order valence-corrected chi connectivity index (χ3v) is 2.17. The lowest BCUT2D eigenvalue weighted by Gasteiger charge is -2.14. The van der Waals surface area contributed by atoms with Gasteiger partial charge < -0.3 is 9.64 Å². The van der Waals surface area contributed by atoms with E-state index in [1.54, 1.807) is 19.0 Å². The van der Waals surface area contributed by atoms with E-state index in [-0.39, 0.29) is 12.0 Å². The molecular formula is C9H11NO2. The molecule has 3 nitrogen and oxygen atoms in total. The number of ether oxygens (including phenoxy) is 1. The Hall–Kier alpha value is -1.09. The summed E-state index contributed by atoms with van der Waals surface area (Å²) in [6.07, 6.45) is 7.45. The number of hydrogen-bond acceptors (Lipinski definition) is 2. The predicted molar refractivity (Wildman–Crippen MR) is 44.6 cm³/mol. The van der Waals surface area contributed by atoms with Crippen LogP contribution in [0.25, 0.3) is 0 Å². The van der Waals surface area contributed by atoms with Crippen molar-refractivity contribution in [2.75, 3.05) is 14.1 Å². The maximum atomic E-state index is 11.6. The molecule has 0 bridgehead atoms. The molecule has 12 heavy (non-hydrogen) atoms. The zero-order valence-electron chi connectivity index (χ0n) is 7.15. The molecule has 2 rings (SSSR count). The first-order chi connectivity index (χ1) is 5.67. The van der Waals surface area contributed by atoms with E-state index in [0.29, 0.717) is 0 Å². The van der Waals surface area contributed by atoms with Crippen molar-refractivity contribution in [3.8, 4) is 0 Å². The number of rotatable bonds is 1. The highest BCUT2D eigenvalue weighted by atomic mass is 16.6. The van der Waals surface area contributed by atoms with Crippen molar-refractivity contribution in [3.05, 3.63) is 24.3 Å². The highest BCUT2D eigenvalue weighted by Gasteiger charge is 2.60. The average Bonchev–Trinajstić information content (AvgIpc) is 2.77. The van der Waals surface area contributed by atoms with Crippen LogP contribution < -0.4 is 0 Å². The summed E-state index contributed by atoms with van der Waals surface area (Å²) < 4.78 is 5.32. The Balaban J connectivity index is 2.21. The second kappa shape index (κ2) is 2.20. The minimum Gasteiger partial charge on any atom is -0.347 e. The van der Waals surface area contributed by atoms with Gasteiger partial charge in [-0.1, -0.05) is 18.2 Å².